The Morgan fingerprint density at radius 1 is 1.00 bits per heavy atom. The van der Waals surface area contributed by atoms with Crippen LogP contribution in [0.15, 0.2) is 53.1 Å². The van der Waals surface area contributed by atoms with Crippen LogP contribution in [0, 0.1) is 0 Å². The summed E-state index contributed by atoms with van der Waals surface area (Å²) >= 11 is 0. The van der Waals surface area contributed by atoms with Crippen LogP contribution >= 0.6 is 0 Å². The van der Waals surface area contributed by atoms with Crippen molar-refractivity contribution >= 4 is 17.0 Å². The first-order valence-electron chi connectivity index (χ1n) is 10.5. The van der Waals surface area contributed by atoms with E-state index in [1.807, 2.05) is 30.3 Å². The van der Waals surface area contributed by atoms with Gasteiger partial charge < -0.3 is 19.5 Å². The highest BCUT2D eigenvalue weighted by Crippen LogP contribution is 2.28. The summed E-state index contributed by atoms with van der Waals surface area (Å²) in [6, 6.07) is 14.4. The van der Waals surface area contributed by atoms with Gasteiger partial charge in [-0.25, -0.2) is 4.98 Å². The molecule has 4 aromatic rings. The van der Waals surface area contributed by atoms with Crippen LogP contribution in [0.2, 0.25) is 0 Å². The van der Waals surface area contributed by atoms with E-state index in [-0.39, 0.29) is 6.01 Å². The number of hydrogen-bond donors (Lipinski definition) is 1. The van der Waals surface area contributed by atoms with Gasteiger partial charge in [0.05, 0.1) is 12.9 Å². The van der Waals surface area contributed by atoms with E-state index in [0.29, 0.717) is 35.2 Å². The Morgan fingerprint density at radius 3 is 2.63 bits per heavy atom. The summed E-state index contributed by atoms with van der Waals surface area (Å²) in [6.45, 7) is 3.49. The van der Waals surface area contributed by atoms with E-state index in [9.17, 15) is 0 Å². The van der Waals surface area contributed by atoms with Gasteiger partial charge >= 0.3 is 6.01 Å². The van der Waals surface area contributed by atoms with Crippen molar-refractivity contribution in [2.75, 3.05) is 12.3 Å². The van der Waals surface area contributed by atoms with Gasteiger partial charge in [0, 0.05) is 6.54 Å². The molecule has 3 aromatic heterocycles. The fraction of sp³-hybridized carbons (Fsp3) is 0.348. The minimum absolute atomic E-state index is 0.288. The lowest BCUT2D eigenvalue weighted by molar-refractivity contribution is 0.288. The number of furan rings is 1. The Hall–Kier alpha value is -3.35. The molecule has 0 aliphatic heterocycles. The zero-order chi connectivity index (χ0) is 20.8. The molecule has 0 saturated carbocycles. The molecular weight excluding hydrogens is 378 g/mol. The Bertz CT molecular complexity index is 1070. The van der Waals surface area contributed by atoms with E-state index in [2.05, 4.69) is 38.6 Å². The van der Waals surface area contributed by atoms with Gasteiger partial charge in [-0.15, -0.1) is 0 Å². The third-order valence-corrected chi connectivity index (χ3v) is 5.01. The molecule has 1 aromatic carbocycles. The molecular formula is C23H27N5O2. The SMILES string of the molecule is CCCCCn1c(-c2ccco2)nc2c(N)nc(OCCCc3ccccc3)nc21. The maximum atomic E-state index is 6.21. The minimum Gasteiger partial charge on any atom is -0.463 e. The minimum atomic E-state index is 0.288. The first-order valence-corrected chi connectivity index (χ1v) is 10.5. The molecule has 0 radical (unpaired) electrons. The number of anilines is 1. The first-order chi connectivity index (χ1) is 14.8. The second-order valence-electron chi connectivity index (χ2n) is 7.27. The van der Waals surface area contributed by atoms with Crippen molar-refractivity contribution < 1.29 is 9.15 Å². The summed E-state index contributed by atoms with van der Waals surface area (Å²) in [4.78, 5) is 13.6. The highest BCUT2D eigenvalue weighted by molar-refractivity contribution is 5.85. The van der Waals surface area contributed by atoms with E-state index >= 15 is 0 Å². The van der Waals surface area contributed by atoms with E-state index < -0.39 is 0 Å². The summed E-state index contributed by atoms with van der Waals surface area (Å²) in [5, 5.41) is 0. The van der Waals surface area contributed by atoms with Crippen LogP contribution in [-0.4, -0.2) is 26.1 Å². The van der Waals surface area contributed by atoms with Crippen LogP contribution in [0.1, 0.15) is 38.2 Å². The molecule has 156 valence electrons. The Kier molecular flexibility index (Phi) is 6.27. The number of ether oxygens (including phenoxy) is 1. The van der Waals surface area contributed by atoms with Crippen molar-refractivity contribution in [3.05, 3.63) is 54.3 Å². The third kappa shape index (κ3) is 4.45. The van der Waals surface area contributed by atoms with Gasteiger partial charge in [0.2, 0.25) is 0 Å². The summed E-state index contributed by atoms with van der Waals surface area (Å²) < 4.78 is 13.5. The number of nitrogens with zero attached hydrogens (tertiary/aromatic N) is 4. The lowest BCUT2D eigenvalue weighted by Crippen LogP contribution is -2.07. The van der Waals surface area contributed by atoms with E-state index in [0.717, 1.165) is 38.6 Å². The van der Waals surface area contributed by atoms with E-state index in [1.165, 1.54) is 5.56 Å². The van der Waals surface area contributed by atoms with Crippen LogP contribution in [0.5, 0.6) is 6.01 Å². The van der Waals surface area contributed by atoms with Crippen molar-refractivity contribution in [1.29, 1.82) is 0 Å². The second-order valence-corrected chi connectivity index (χ2v) is 7.27. The highest BCUT2D eigenvalue weighted by Gasteiger charge is 2.19. The number of nitrogens with two attached hydrogens (primary N) is 1. The number of imidazole rings is 1. The first kappa shape index (κ1) is 19.9. The monoisotopic (exact) mass is 405 g/mol. The molecule has 0 unspecified atom stereocenters. The molecule has 0 aliphatic rings. The molecule has 7 nitrogen and oxygen atoms in total. The van der Waals surface area contributed by atoms with Crippen molar-refractivity contribution in [3.63, 3.8) is 0 Å². The van der Waals surface area contributed by atoms with Crippen LogP contribution < -0.4 is 10.5 Å². The largest absolute Gasteiger partial charge is 0.463 e. The molecule has 3 heterocycles. The van der Waals surface area contributed by atoms with E-state index in [4.69, 9.17) is 14.9 Å². The third-order valence-electron chi connectivity index (χ3n) is 5.01. The average Bonchev–Trinajstić information content (AvgIpc) is 3.41. The molecule has 0 saturated heterocycles. The zero-order valence-electron chi connectivity index (χ0n) is 17.3. The maximum Gasteiger partial charge on any atom is 0.320 e. The molecule has 0 bridgehead atoms. The normalized spacial score (nSPS) is 11.2. The second kappa shape index (κ2) is 9.43. The number of hydrogen-bond acceptors (Lipinski definition) is 6. The van der Waals surface area contributed by atoms with Crippen molar-refractivity contribution in [3.8, 4) is 17.6 Å². The Labute approximate surface area is 175 Å². The van der Waals surface area contributed by atoms with Gasteiger partial charge in [0.15, 0.2) is 28.6 Å². The Balaban J connectivity index is 1.55. The summed E-state index contributed by atoms with van der Waals surface area (Å²) in [7, 11) is 0. The quantitative estimate of drug-likeness (QED) is 0.378. The molecule has 30 heavy (non-hydrogen) atoms. The van der Waals surface area contributed by atoms with Gasteiger partial charge in [-0.05, 0) is 37.0 Å². The lowest BCUT2D eigenvalue weighted by Gasteiger charge is -2.09. The predicted molar refractivity (Wildman–Crippen MR) is 117 cm³/mol. The Morgan fingerprint density at radius 2 is 1.87 bits per heavy atom. The average molecular weight is 406 g/mol. The number of nitrogen functional groups attached to an aromatic ring is 1. The van der Waals surface area contributed by atoms with Crippen molar-refractivity contribution in [2.45, 2.75) is 45.6 Å². The zero-order valence-corrected chi connectivity index (χ0v) is 17.3. The number of aryl methyl sites for hydroxylation is 2. The van der Waals surface area contributed by atoms with Gasteiger partial charge in [0.25, 0.3) is 0 Å². The number of aromatic nitrogens is 4. The maximum absolute atomic E-state index is 6.21. The molecule has 4 rings (SSSR count). The summed E-state index contributed by atoms with van der Waals surface area (Å²) in [6.07, 6.45) is 6.74. The molecule has 0 spiro atoms. The van der Waals surface area contributed by atoms with Crippen LogP contribution in [0.4, 0.5) is 5.82 Å². The van der Waals surface area contributed by atoms with Gasteiger partial charge in [0.1, 0.15) is 0 Å². The number of rotatable bonds is 10. The highest BCUT2D eigenvalue weighted by atomic mass is 16.5. The van der Waals surface area contributed by atoms with Crippen LogP contribution in [0.25, 0.3) is 22.7 Å². The van der Waals surface area contributed by atoms with Gasteiger partial charge in [-0.2, -0.15) is 9.97 Å². The van der Waals surface area contributed by atoms with Gasteiger partial charge in [-0.1, -0.05) is 50.1 Å². The van der Waals surface area contributed by atoms with Gasteiger partial charge in [-0.3, -0.25) is 0 Å². The lowest BCUT2D eigenvalue weighted by atomic mass is 10.1. The van der Waals surface area contributed by atoms with E-state index in [1.54, 1.807) is 6.26 Å². The number of benzene rings is 1. The fourth-order valence-corrected chi connectivity index (χ4v) is 3.48. The van der Waals surface area contributed by atoms with Crippen molar-refractivity contribution in [2.24, 2.45) is 0 Å². The topological polar surface area (TPSA) is 92.0 Å². The molecule has 2 N–H and O–H groups in total. The molecule has 0 fully saturated rings. The number of unbranched alkanes of at least 4 members (excludes halogenated alkanes) is 2. The number of fused-ring (bicyclic) bond motifs is 1. The fourth-order valence-electron chi connectivity index (χ4n) is 3.48. The smallest absolute Gasteiger partial charge is 0.320 e. The molecule has 0 atom stereocenters. The molecule has 7 heteroatoms. The van der Waals surface area contributed by atoms with Crippen LogP contribution in [-0.2, 0) is 13.0 Å². The van der Waals surface area contributed by atoms with Crippen molar-refractivity contribution in [1.82, 2.24) is 19.5 Å². The molecule has 0 amide bonds. The standard InChI is InChI=1S/C23H27N5O2/c1-2-3-7-14-28-21(18-13-9-15-29-18)25-19-20(24)26-23(27-22(19)28)30-16-8-12-17-10-5-4-6-11-17/h4-6,9-11,13,15H,2-3,7-8,12,14,16H2,1H3,(H2,24,26,27). The predicted octanol–water partition coefficient (Wildman–Crippen LogP) is 4.87. The summed E-state index contributed by atoms with van der Waals surface area (Å²) in [5.41, 5.74) is 8.75. The van der Waals surface area contributed by atoms with Crippen LogP contribution in [0.3, 0.4) is 0 Å². The summed E-state index contributed by atoms with van der Waals surface area (Å²) in [5.74, 6) is 1.72. The molecule has 0 aliphatic carbocycles.